The fraction of sp³-hybridized carbons (Fsp3) is 0.478. The Morgan fingerprint density at radius 2 is 2.06 bits per heavy atom. The lowest BCUT2D eigenvalue weighted by Gasteiger charge is -2.37. The number of carbonyl (C=O) groups excluding carboxylic acids is 2. The first kappa shape index (κ1) is 20.3. The fourth-order valence-corrected chi connectivity index (χ4v) is 5.71. The number of thioether (sulfide) groups is 1. The number of rotatable bonds is 5. The number of esters is 1. The number of ether oxygens (including phenoxy) is 1. The highest BCUT2D eigenvalue weighted by molar-refractivity contribution is 8.14. The van der Waals surface area contributed by atoms with Gasteiger partial charge >= 0.3 is 5.97 Å². The summed E-state index contributed by atoms with van der Waals surface area (Å²) in [7, 11) is 0. The third kappa shape index (κ3) is 4.13. The number of aliphatic imine (C=N–C) groups is 1. The van der Waals surface area contributed by atoms with Crippen LogP contribution in [0.15, 0.2) is 39.8 Å². The van der Waals surface area contributed by atoms with Gasteiger partial charge in [-0.15, -0.1) is 0 Å². The molecule has 0 N–H and O–H groups in total. The maximum Gasteiger partial charge on any atom is 0.308 e. The van der Waals surface area contributed by atoms with E-state index in [1.807, 2.05) is 31.2 Å². The van der Waals surface area contributed by atoms with Crippen LogP contribution < -0.4 is 0 Å². The quantitative estimate of drug-likeness (QED) is 0.656. The summed E-state index contributed by atoms with van der Waals surface area (Å²) in [5.41, 5.74) is 2.66. The maximum absolute atomic E-state index is 13.0. The molecule has 1 amide bonds. The predicted molar refractivity (Wildman–Crippen MR) is 117 cm³/mol. The predicted octanol–water partition coefficient (Wildman–Crippen LogP) is 3.96. The number of aromatic nitrogens is 1. The number of fused-ring (bicyclic) bond motifs is 2. The molecule has 0 bridgehead atoms. The molecule has 3 unspecified atom stereocenters. The van der Waals surface area contributed by atoms with Crippen molar-refractivity contribution in [3.8, 4) is 11.3 Å². The number of aryl methyl sites for hydroxylation is 1. The third-order valence-electron chi connectivity index (χ3n) is 6.21. The van der Waals surface area contributed by atoms with Crippen LogP contribution >= 0.6 is 11.8 Å². The second-order valence-corrected chi connectivity index (χ2v) is 9.44. The van der Waals surface area contributed by atoms with Crippen molar-refractivity contribution in [2.24, 2.45) is 10.9 Å². The van der Waals surface area contributed by atoms with Crippen molar-refractivity contribution in [1.29, 1.82) is 0 Å². The topological polar surface area (TPSA) is 85.0 Å². The summed E-state index contributed by atoms with van der Waals surface area (Å²) in [6.07, 6.45) is 4.27. The van der Waals surface area contributed by atoms with E-state index in [0.29, 0.717) is 17.2 Å². The van der Waals surface area contributed by atoms with Crippen molar-refractivity contribution < 1.29 is 18.8 Å². The van der Waals surface area contributed by atoms with E-state index in [0.717, 1.165) is 36.4 Å². The minimum Gasteiger partial charge on any atom is -0.459 e. The summed E-state index contributed by atoms with van der Waals surface area (Å²) in [4.78, 5) is 32.1. The Morgan fingerprint density at radius 3 is 2.90 bits per heavy atom. The Balaban J connectivity index is 1.18. The monoisotopic (exact) mass is 439 g/mol. The average Bonchev–Trinajstić information content (AvgIpc) is 3.41. The zero-order chi connectivity index (χ0) is 21.4. The van der Waals surface area contributed by atoms with Crippen LogP contribution in [0.5, 0.6) is 0 Å². The van der Waals surface area contributed by atoms with Crippen LogP contribution in [0.25, 0.3) is 11.3 Å². The summed E-state index contributed by atoms with van der Waals surface area (Å²) in [6.45, 7) is 2.07. The molecule has 3 heterocycles. The van der Waals surface area contributed by atoms with E-state index in [2.05, 4.69) is 5.16 Å². The molecular weight excluding hydrogens is 414 g/mol. The van der Waals surface area contributed by atoms with Crippen molar-refractivity contribution in [3.05, 3.63) is 41.6 Å². The highest BCUT2D eigenvalue weighted by Crippen LogP contribution is 2.38. The largest absolute Gasteiger partial charge is 0.459 e. The first-order chi connectivity index (χ1) is 15.1. The van der Waals surface area contributed by atoms with Gasteiger partial charge in [0.15, 0.2) is 10.9 Å². The number of amidine groups is 1. The smallest absolute Gasteiger partial charge is 0.308 e. The number of carbonyl (C=O) groups is 2. The van der Waals surface area contributed by atoms with Gasteiger partial charge in [0.05, 0.1) is 24.4 Å². The van der Waals surface area contributed by atoms with Crippen LogP contribution in [-0.4, -0.2) is 44.9 Å². The van der Waals surface area contributed by atoms with Crippen molar-refractivity contribution in [3.63, 3.8) is 0 Å². The number of hydrogen-bond donors (Lipinski definition) is 0. The Morgan fingerprint density at radius 1 is 1.26 bits per heavy atom. The molecule has 8 heteroatoms. The van der Waals surface area contributed by atoms with Crippen LogP contribution in [0.3, 0.4) is 0 Å². The molecule has 1 saturated heterocycles. The van der Waals surface area contributed by atoms with Crippen LogP contribution in [-0.2, 0) is 20.9 Å². The highest BCUT2D eigenvalue weighted by Gasteiger charge is 2.46. The van der Waals surface area contributed by atoms with Gasteiger partial charge in [0, 0.05) is 17.4 Å². The Labute approximate surface area is 185 Å². The number of nitrogens with zero attached hydrogens (tertiary/aromatic N) is 3. The zero-order valence-electron chi connectivity index (χ0n) is 17.5. The second kappa shape index (κ2) is 8.49. The molecule has 2 aromatic rings. The van der Waals surface area contributed by atoms with E-state index in [1.54, 1.807) is 22.7 Å². The van der Waals surface area contributed by atoms with E-state index < -0.39 is 0 Å². The summed E-state index contributed by atoms with van der Waals surface area (Å²) in [5.74, 6) is 1.09. The van der Waals surface area contributed by atoms with Gasteiger partial charge in [-0.25, -0.2) is 0 Å². The molecule has 7 nitrogen and oxygen atoms in total. The Kier molecular flexibility index (Phi) is 5.56. The van der Waals surface area contributed by atoms with Crippen LogP contribution in [0.4, 0.5) is 0 Å². The molecule has 162 valence electrons. The molecule has 31 heavy (non-hydrogen) atoms. The molecule has 5 rings (SSSR count). The van der Waals surface area contributed by atoms with Gasteiger partial charge in [0.1, 0.15) is 12.3 Å². The molecule has 1 saturated carbocycles. The fourth-order valence-electron chi connectivity index (χ4n) is 4.51. The molecule has 1 aromatic carbocycles. The minimum absolute atomic E-state index is 0.0231. The standard InChI is InChI=1S/C23H25N3O4S/c1-14-6-8-15(9-7-14)20-10-16(25-30-20)12-29-21(27)11-17-13-31-23-24-19-5-3-2-4-18(19)22(28)26(17)23/h6-10,17-19H,2-5,11-13H2,1H3. The SMILES string of the molecule is Cc1ccc(-c2cc(COC(=O)CC3CSC4=NC5CCCCC5C(=O)N43)no2)cc1. The second-order valence-electron chi connectivity index (χ2n) is 8.46. The molecule has 3 atom stereocenters. The molecule has 0 radical (unpaired) electrons. The van der Waals surface area contributed by atoms with Crippen molar-refractivity contribution in [2.75, 3.05) is 5.75 Å². The van der Waals surface area contributed by atoms with E-state index in [9.17, 15) is 9.59 Å². The lowest BCUT2D eigenvalue weighted by molar-refractivity contribution is -0.147. The first-order valence-electron chi connectivity index (χ1n) is 10.8. The van der Waals surface area contributed by atoms with Crippen molar-refractivity contribution in [2.45, 2.75) is 57.7 Å². The van der Waals surface area contributed by atoms with Gasteiger partial charge in [0.25, 0.3) is 0 Å². The Bertz CT molecular complexity index is 1020. The van der Waals surface area contributed by atoms with Gasteiger partial charge in [-0.3, -0.25) is 19.5 Å². The van der Waals surface area contributed by atoms with Crippen molar-refractivity contribution in [1.82, 2.24) is 10.1 Å². The molecule has 2 fully saturated rings. The van der Waals surface area contributed by atoms with Gasteiger partial charge in [-0.1, -0.05) is 59.6 Å². The summed E-state index contributed by atoms with van der Waals surface area (Å²) in [6, 6.07) is 9.67. The normalized spacial score (nSPS) is 25.1. The molecule has 1 aliphatic carbocycles. The van der Waals surface area contributed by atoms with Crippen LogP contribution in [0, 0.1) is 12.8 Å². The van der Waals surface area contributed by atoms with Gasteiger partial charge in [-0.2, -0.15) is 0 Å². The minimum atomic E-state index is -0.342. The zero-order valence-corrected chi connectivity index (χ0v) is 18.3. The first-order valence-corrected chi connectivity index (χ1v) is 11.8. The van der Waals surface area contributed by atoms with Gasteiger partial charge in [-0.05, 0) is 19.8 Å². The highest BCUT2D eigenvalue weighted by atomic mass is 32.2. The summed E-state index contributed by atoms with van der Waals surface area (Å²) in [5, 5.41) is 4.78. The molecule has 0 spiro atoms. The average molecular weight is 440 g/mol. The van der Waals surface area contributed by atoms with Crippen LogP contribution in [0.1, 0.15) is 43.4 Å². The lowest BCUT2D eigenvalue weighted by atomic mass is 9.83. The number of amides is 1. The molecular formula is C23H25N3O4S. The Hall–Kier alpha value is -2.61. The third-order valence-corrected chi connectivity index (χ3v) is 7.33. The van der Waals surface area contributed by atoms with Gasteiger partial charge < -0.3 is 9.26 Å². The molecule has 1 aromatic heterocycles. The summed E-state index contributed by atoms with van der Waals surface area (Å²) < 4.78 is 10.8. The van der Waals surface area contributed by atoms with Gasteiger partial charge in [0.2, 0.25) is 5.91 Å². The summed E-state index contributed by atoms with van der Waals surface area (Å²) >= 11 is 1.57. The number of hydrogen-bond acceptors (Lipinski definition) is 7. The number of benzene rings is 1. The van der Waals surface area contributed by atoms with E-state index in [4.69, 9.17) is 14.3 Å². The lowest BCUT2D eigenvalue weighted by Crippen LogP contribution is -2.50. The molecule has 2 aliphatic heterocycles. The molecule has 3 aliphatic rings. The maximum atomic E-state index is 13.0. The van der Waals surface area contributed by atoms with E-state index >= 15 is 0 Å². The van der Waals surface area contributed by atoms with Crippen molar-refractivity contribution >= 4 is 28.8 Å². The van der Waals surface area contributed by atoms with Crippen LogP contribution in [0.2, 0.25) is 0 Å². The van der Waals surface area contributed by atoms with E-state index in [1.165, 1.54) is 5.56 Å². The van der Waals surface area contributed by atoms with E-state index in [-0.39, 0.29) is 42.9 Å².